The van der Waals surface area contributed by atoms with Crippen molar-refractivity contribution in [2.24, 2.45) is 0 Å². The van der Waals surface area contributed by atoms with Crippen LogP contribution in [0.1, 0.15) is 23.8 Å². The minimum Gasteiger partial charge on any atom is -0.390 e. The van der Waals surface area contributed by atoms with Crippen LogP contribution in [0.4, 0.5) is 5.69 Å². The number of non-ortho nitro benzene ring substituents is 1. The monoisotopic (exact) mass is 455 g/mol. The average Bonchev–Trinajstić information content (AvgIpc) is 3.05. The van der Waals surface area contributed by atoms with Gasteiger partial charge in [-0.2, -0.15) is 0 Å². The van der Waals surface area contributed by atoms with Crippen molar-refractivity contribution in [1.29, 1.82) is 0 Å². The highest BCUT2D eigenvalue weighted by atomic mass is 31.2. The molecule has 0 unspecified atom stereocenters. The fourth-order valence-electron chi connectivity index (χ4n) is 2.97. The number of nitrogens with one attached hydrogen (secondary N) is 1. The highest BCUT2D eigenvalue weighted by Gasteiger charge is 2.37. The molecule has 31 heavy (non-hydrogen) atoms. The van der Waals surface area contributed by atoms with Gasteiger partial charge in [-0.1, -0.05) is 18.2 Å². The molecule has 0 spiro atoms. The molecular formula is C17H18N3O10P. The number of phosphoric ester groups is 1. The van der Waals surface area contributed by atoms with Crippen LogP contribution in [0.3, 0.4) is 0 Å². The second-order valence-electron chi connectivity index (χ2n) is 6.65. The van der Waals surface area contributed by atoms with E-state index in [0.717, 1.165) is 4.57 Å². The lowest BCUT2D eigenvalue weighted by Crippen LogP contribution is -2.33. The van der Waals surface area contributed by atoms with Crippen molar-refractivity contribution in [3.63, 3.8) is 0 Å². The molecule has 3 rings (SSSR count). The lowest BCUT2D eigenvalue weighted by atomic mass is 10.1. The molecule has 14 heteroatoms. The Labute approximate surface area is 173 Å². The standard InChI is InChI=1S/C17H18N3O10P/c21-13-7-15(30-14(13)9-29-31(26,27)28)19-8-11(16(22)18-17(19)23)5-4-10-2-1-3-12(6-10)20(24)25/h1-6,8,13-15,21H,7,9H2,(H,18,22,23)(H2,26,27,28)/b5-4+/t13-,14+,15+/m0/s1. The summed E-state index contributed by atoms with van der Waals surface area (Å²) in [6, 6.07) is 5.70. The summed E-state index contributed by atoms with van der Waals surface area (Å²) in [5.74, 6) is 0. The topological polar surface area (TPSA) is 194 Å². The molecule has 3 atom stereocenters. The lowest BCUT2D eigenvalue weighted by molar-refractivity contribution is -0.384. The van der Waals surface area contributed by atoms with E-state index >= 15 is 0 Å². The molecule has 0 amide bonds. The predicted octanol–water partition coefficient (Wildman–Crippen LogP) is 0.373. The third-order valence-corrected chi connectivity index (χ3v) is 4.94. The number of rotatable bonds is 7. The van der Waals surface area contributed by atoms with Gasteiger partial charge >= 0.3 is 13.5 Å². The van der Waals surface area contributed by atoms with Crippen LogP contribution >= 0.6 is 7.82 Å². The summed E-state index contributed by atoms with van der Waals surface area (Å²) in [5.41, 5.74) is -1.15. The van der Waals surface area contributed by atoms with Crippen molar-refractivity contribution in [3.05, 3.63) is 72.5 Å². The number of hydrogen-bond donors (Lipinski definition) is 4. The largest absolute Gasteiger partial charge is 0.469 e. The molecule has 4 N–H and O–H groups in total. The first-order chi connectivity index (χ1) is 14.5. The van der Waals surface area contributed by atoms with Gasteiger partial charge in [-0.15, -0.1) is 0 Å². The van der Waals surface area contributed by atoms with Crippen LogP contribution in [0.2, 0.25) is 0 Å². The first kappa shape index (κ1) is 22.7. The predicted molar refractivity (Wildman–Crippen MR) is 106 cm³/mol. The van der Waals surface area contributed by atoms with E-state index in [0.29, 0.717) is 5.56 Å². The molecule has 2 heterocycles. The number of nitro benzene ring substituents is 1. The number of aliphatic hydroxyl groups is 1. The van der Waals surface area contributed by atoms with Crippen molar-refractivity contribution in [2.45, 2.75) is 24.9 Å². The van der Waals surface area contributed by atoms with Crippen molar-refractivity contribution >= 4 is 25.7 Å². The van der Waals surface area contributed by atoms with Crippen LogP contribution in [0.15, 0.2) is 40.1 Å². The van der Waals surface area contributed by atoms with Crippen LogP contribution in [0.25, 0.3) is 12.2 Å². The van der Waals surface area contributed by atoms with Gasteiger partial charge in [0.15, 0.2) is 0 Å². The fourth-order valence-corrected chi connectivity index (χ4v) is 3.31. The zero-order chi connectivity index (χ0) is 22.8. The Morgan fingerprint density at radius 1 is 1.35 bits per heavy atom. The van der Waals surface area contributed by atoms with Gasteiger partial charge in [-0.05, 0) is 11.6 Å². The van der Waals surface area contributed by atoms with Gasteiger partial charge in [0.05, 0.1) is 23.2 Å². The number of phosphoric acid groups is 1. The van der Waals surface area contributed by atoms with E-state index in [9.17, 15) is 29.4 Å². The number of benzene rings is 1. The third kappa shape index (κ3) is 5.82. The minimum absolute atomic E-state index is 0.0408. The molecule has 1 aromatic carbocycles. The number of hydrogen-bond acceptors (Lipinski definition) is 8. The fraction of sp³-hybridized carbons (Fsp3) is 0.294. The molecule has 0 saturated carbocycles. The van der Waals surface area contributed by atoms with Gasteiger partial charge in [0.1, 0.15) is 12.3 Å². The molecule has 166 valence electrons. The van der Waals surface area contributed by atoms with E-state index in [4.69, 9.17) is 14.5 Å². The molecular weight excluding hydrogens is 437 g/mol. The SMILES string of the molecule is O=c1[nH]c(=O)n([C@H]2C[C@H](O)[C@@H](COP(=O)(O)O)O2)cc1/C=C/c1cccc([N+](=O)[O-])c1. The summed E-state index contributed by atoms with van der Waals surface area (Å²) in [4.78, 5) is 54.3. The van der Waals surface area contributed by atoms with E-state index in [1.165, 1.54) is 36.5 Å². The summed E-state index contributed by atoms with van der Waals surface area (Å²) >= 11 is 0. The Bertz CT molecular complexity index is 1170. The van der Waals surface area contributed by atoms with E-state index in [-0.39, 0.29) is 17.7 Å². The molecule has 0 aliphatic carbocycles. The van der Waals surface area contributed by atoms with Gasteiger partial charge in [-0.25, -0.2) is 9.36 Å². The summed E-state index contributed by atoms with van der Waals surface area (Å²) in [6.45, 7) is -0.598. The van der Waals surface area contributed by atoms with Crippen molar-refractivity contribution in [1.82, 2.24) is 9.55 Å². The number of H-pyrrole nitrogens is 1. The van der Waals surface area contributed by atoms with E-state index < -0.39 is 49.0 Å². The zero-order valence-corrected chi connectivity index (χ0v) is 16.6. The van der Waals surface area contributed by atoms with Gasteiger partial charge < -0.3 is 19.6 Å². The van der Waals surface area contributed by atoms with Crippen LogP contribution in [0.5, 0.6) is 0 Å². The maximum Gasteiger partial charge on any atom is 0.469 e. The Kier molecular flexibility index (Phi) is 6.65. The first-order valence-corrected chi connectivity index (χ1v) is 10.4. The van der Waals surface area contributed by atoms with Crippen molar-refractivity contribution in [2.75, 3.05) is 6.61 Å². The second-order valence-corrected chi connectivity index (χ2v) is 7.89. The summed E-state index contributed by atoms with van der Waals surface area (Å²) in [5, 5.41) is 20.9. The van der Waals surface area contributed by atoms with E-state index in [1.54, 1.807) is 6.07 Å². The highest BCUT2D eigenvalue weighted by Crippen LogP contribution is 2.38. The quantitative estimate of drug-likeness (QED) is 0.257. The summed E-state index contributed by atoms with van der Waals surface area (Å²) < 4.78 is 21.6. The van der Waals surface area contributed by atoms with Crippen LogP contribution < -0.4 is 11.2 Å². The Hall–Kier alpha value is -2.93. The number of nitrogens with zero attached hydrogens (tertiary/aromatic N) is 2. The highest BCUT2D eigenvalue weighted by molar-refractivity contribution is 7.46. The third-order valence-electron chi connectivity index (χ3n) is 4.45. The molecule has 1 fully saturated rings. The lowest BCUT2D eigenvalue weighted by Gasteiger charge is -2.16. The number of aliphatic hydroxyl groups excluding tert-OH is 1. The molecule has 1 aliphatic rings. The molecule has 1 aromatic heterocycles. The van der Waals surface area contributed by atoms with Gasteiger partial charge in [0.2, 0.25) is 0 Å². The van der Waals surface area contributed by atoms with Gasteiger partial charge in [-0.3, -0.25) is 29.0 Å². The van der Waals surface area contributed by atoms with Gasteiger partial charge in [0.25, 0.3) is 11.2 Å². The van der Waals surface area contributed by atoms with Crippen molar-refractivity contribution in [3.8, 4) is 0 Å². The van der Waals surface area contributed by atoms with E-state index in [1.807, 2.05) is 0 Å². The number of nitro groups is 1. The molecule has 1 saturated heterocycles. The summed E-state index contributed by atoms with van der Waals surface area (Å²) in [7, 11) is -4.77. The van der Waals surface area contributed by atoms with Gasteiger partial charge in [0, 0.05) is 24.8 Å². The Morgan fingerprint density at radius 2 is 2.10 bits per heavy atom. The second kappa shape index (κ2) is 9.06. The molecule has 13 nitrogen and oxygen atoms in total. The summed E-state index contributed by atoms with van der Waals surface area (Å²) in [6.07, 6.45) is 0.628. The molecule has 0 bridgehead atoms. The maximum atomic E-state index is 12.2. The van der Waals surface area contributed by atoms with Crippen LogP contribution in [-0.4, -0.2) is 48.2 Å². The number of aromatic nitrogens is 2. The average molecular weight is 455 g/mol. The van der Waals surface area contributed by atoms with Crippen LogP contribution in [-0.2, 0) is 13.8 Å². The van der Waals surface area contributed by atoms with Crippen LogP contribution in [0, 0.1) is 10.1 Å². The minimum atomic E-state index is -4.77. The normalized spacial score (nSPS) is 21.6. The smallest absolute Gasteiger partial charge is 0.390 e. The van der Waals surface area contributed by atoms with Crippen molar-refractivity contribution < 1.29 is 33.6 Å². The molecule has 1 aliphatic heterocycles. The van der Waals surface area contributed by atoms with E-state index in [2.05, 4.69) is 9.51 Å². The Balaban J connectivity index is 1.82. The Morgan fingerprint density at radius 3 is 2.77 bits per heavy atom. The first-order valence-electron chi connectivity index (χ1n) is 8.85. The number of aromatic amines is 1. The number of ether oxygens (including phenoxy) is 1. The molecule has 2 aromatic rings. The maximum absolute atomic E-state index is 12.2. The molecule has 0 radical (unpaired) electrons. The zero-order valence-electron chi connectivity index (χ0n) is 15.7.